The Morgan fingerprint density at radius 2 is 1.84 bits per heavy atom. The van der Waals surface area contributed by atoms with Crippen LogP contribution in [0.15, 0.2) is 36.5 Å². The number of anilines is 4. The highest BCUT2D eigenvalue weighted by Crippen LogP contribution is 2.27. The third-order valence-electron chi connectivity index (χ3n) is 3.12. The zero-order valence-corrected chi connectivity index (χ0v) is 13.1. The van der Waals surface area contributed by atoms with Gasteiger partial charge in [-0.1, -0.05) is 6.07 Å². The SMILES string of the molecule is CC(F)(F)c1cc(Nc2nc(N)nc(-c3cccc(N)n3)n2)ccn1. The summed E-state index contributed by atoms with van der Waals surface area (Å²) in [6.45, 7) is 0.767. The van der Waals surface area contributed by atoms with E-state index >= 15 is 0 Å². The molecule has 0 saturated heterocycles. The number of aromatic nitrogens is 5. The standard InChI is InChI=1S/C15H14F2N8/c1-15(16,17)10-7-8(5-6-20-10)21-14-24-12(23-13(19)25-14)9-3-2-4-11(18)22-9/h2-7H,1H3,(H2,18,22)(H3,19,20,21,23,24,25). The topological polar surface area (TPSA) is 129 Å². The Morgan fingerprint density at radius 3 is 2.56 bits per heavy atom. The van der Waals surface area contributed by atoms with E-state index in [-0.39, 0.29) is 23.4 Å². The molecule has 5 N–H and O–H groups in total. The first-order valence-corrected chi connectivity index (χ1v) is 7.17. The highest BCUT2D eigenvalue weighted by molar-refractivity contribution is 5.59. The number of halogens is 2. The number of hydrogen-bond donors (Lipinski definition) is 3. The van der Waals surface area contributed by atoms with Gasteiger partial charge in [-0.2, -0.15) is 23.7 Å². The van der Waals surface area contributed by atoms with Crippen molar-refractivity contribution in [2.75, 3.05) is 16.8 Å². The van der Waals surface area contributed by atoms with Crippen LogP contribution in [0.4, 0.5) is 32.2 Å². The van der Waals surface area contributed by atoms with E-state index in [0.717, 1.165) is 6.92 Å². The second-order valence-corrected chi connectivity index (χ2v) is 5.23. The molecule has 3 aromatic rings. The van der Waals surface area contributed by atoms with Gasteiger partial charge in [0.1, 0.15) is 17.2 Å². The predicted molar refractivity (Wildman–Crippen MR) is 89.0 cm³/mol. The normalized spacial score (nSPS) is 11.3. The molecule has 0 bridgehead atoms. The predicted octanol–water partition coefficient (Wildman–Crippen LogP) is 2.35. The smallest absolute Gasteiger partial charge is 0.287 e. The molecule has 0 aliphatic rings. The monoisotopic (exact) mass is 344 g/mol. The first-order chi connectivity index (χ1) is 11.8. The highest BCUT2D eigenvalue weighted by atomic mass is 19.3. The number of alkyl halides is 2. The van der Waals surface area contributed by atoms with Gasteiger partial charge in [0.05, 0.1) is 0 Å². The average Bonchev–Trinajstić information content (AvgIpc) is 2.54. The van der Waals surface area contributed by atoms with E-state index in [0.29, 0.717) is 17.2 Å². The Labute approximate surface area is 141 Å². The van der Waals surface area contributed by atoms with Crippen molar-refractivity contribution in [1.82, 2.24) is 24.9 Å². The fourth-order valence-electron chi connectivity index (χ4n) is 2.02. The molecule has 0 radical (unpaired) electrons. The maximum absolute atomic E-state index is 13.4. The molecule has 0 aromatic carbocycles. The summed E-state index contributed by atoms with van der Waals surface area (Å²) in [5.74, 6) is -2.52. The van der Waals surface area contributed by atoms with Gasteiger partial charge in [0.25, 0.3) is 5.92 Å². The van der Waals surface area contributed by atoms with Crippen LogP contribution < -0.4 is 16.8 Å². The van der Waals surface area contributed by atoms with Crippen LogP contribution in [-0.2, 0) is 5.92 Å². The molecule has 0 spiro atoms. The van der Waals surface area contributed by atoms with Gasteiger partial charge in [-0.15, -0.1) is 0 Å². The number of nitrogens with two attached hydrogens (primary N) is 2. The number of nitrogens with one attached hydrogen (secondary N) is 1. The van der Waals surface area contributed by atoms with Crippen molar-refractivity contribution in [3.63, 3.8) is 0 Å². The van der Waals surface area contributed by atoms with E-state index in [9.17, 15) is 8.78 Å². The minimum Gasteiger partial charge on any atom is -0.384 e. The number of nitrogens with zero attached hydrogens (tertiary/aromatic N) is 5. The fourth-order valence-corrected chi connectivity index (χ4v) is 2.02. The summed E-state index contributed by atoms with van der Waals surface area (Å²) in [4.78, 5) is 19.9. The minimum absolute atomic E-state index is 0.0492. The van der Waals surface area contributed by atoms with E-state index in [2.05, 4.69) is 30.2 Å². The zero-order valence-electron chi connectivity index (χ0n) is 13.1. The Morgan fingerprint density at radius 1 is 1.04 bits per heavy atom. The molecular weight excluding hydrogens is 330 g/mol. The van der Waals surface area contributed by atoms with E-state index in [1.54, 1.807) is 18.2 Å². The summed E-state index contributed by atoms with van der Waals surface area (Å²) in [7, 11) is 0. The summed E-state index contributed by atoms with van der Waals surface area (Å²) >= 11 is 0. The van der Waals surface area contributed by atoms with Crippen LogP contribution in [0.2, 0.25) is 0 Å². The summed E-state index contributed by atoms with van der Waals surface area (Å²) in [6.07, 6.45) is 1.26. The van der Waals surface area contributed by atoms with Gasteiger partial charge in [-0.25, -0.2) is 4.98 Å². The number of pyridine rings is 2. The van der Waals surface area contributed by atoms with Crippen molar-refractivity contribution in [3.05, 3.63) is 42.2 Å². The quantitative estimate of drug-likeness (QED) is 0.658. The largest absolute Gasteiger partial charge is 0.384 e. The zero-order chi connectivity index (χ0) is 18.0. The van der Waals surface area contributed by atoms with Crippen LogP contribution in [-0.4, -0.2) is 24.9 Å². The summed E-state index contributed by atoms with van der Waals surface area (Å²) in [6, 6.07) is 7.70. The molecule has 3 heterocycles. The van der Waals surface area contributed by atoms with Gasteiger partial charge in [0, 0.05) is 18.8 Å². The van der Waals surface area contributed by atoms with Crippen molar-refractivity contribution >= 4 is 23.4 Å². The van der Waals surface area contributed by atoms with E-state index < -0.39 is 5.92 Å². The second kappa shape index (κ2) is 6.23. The molecule has 0 fully saturated rings. The van der Waals surface area contributed by atoms with Crippen LogP contribution in [0.5, 0.6) is 0 Å². The van der Waals surface area contributed by atoms with Crippen molar-refractivity contribution in [1.29, 1.82) is 0 Å². The Balaban J connectivity index is 1.94. The lowest BCUT2D eigenvalue weighted by Crippen LogP contribution is -2.10. The summed E-state index contributed by atoms with van der Waals surface area (Å²) < 4.78 is 26.8. The van der Waals surface area contributed by atoms with Crippen LogP contribution >= 0.6 is 0 Å². The van der Waals surface area contributed by atoms with Crippen molar-refractivity contribution < 1.29 is 8.78 Å². The van der Waals surface area contributed by atoms with Crippen molar-refractivity contribution in [3.8, 4) is 11.5 Å². The highest BCUT2D eigenvalue weighted by Gasteiger charge is 2.26. The first kappa shape index (κ1) is 16.4. The Kier molecular flexibility index (Phi) is 4.09. The fraction of sp³-hybridized carbons (Fsp3) is 0.133. The third-order valence-corrected chi connectivity index (χ3v) is 3.12. The molecule has 10 heteroatoms. The van der Waals surface area contributed by atoms with Crippen LogP contribution in [0.3, 0.4) is 0 Å². The lowest BCUT2D eigenvalue weighted by atomic mass is 10.2. The molecule has 128 valence electrons. The van der Waals surface area contributed by atoms with Gasteiger partial charge >= 0.3 is 0 Å². The van der Waals surface area contributed by atoms with Crippen molar-refractivity contribution in [2.45, 2.75) is 12.8 Å². The molecule has 0 saturated carbocycles. The third kappa shape index (κ3) is 3.91. The summed E-state index contributed by atoms with van der Waals surface area (Å²) in [5, 5.41) is 2.81. The molecule has 0 unspecified atom stereocenters. The van der Waals surface area contributed by atoms with E-state index in [1.165, 1.54) is 18.3 Å². The molecule has 0 atom stereocenters. The maximum Gasteiger partial charge on any atom is 0.287 e. The van der Waals surface area contributed by atoms with Gasteiger partial charge in [-0.05, 0) is 24.3 Å². The molecule has 0 aliphatic carbocycles. The molecule has 8 nitrogen and oxygen atoms in total. The van der Waals surface area contributed by atoms with Gasteiger partial charge < -0.3 is 16.8 Å². The lowest BCUT2D eigenvalue weighted by molar-refractivity contribution is 0.0128. The molecule has 0 aliphatic heterocycles. The minimum atomic E-state index is -3.06. The molecule has 0 amide bonds. The number of nitrogen functional groups attached to an aromatic ring is 2. The van der Waals surface area contributed by atoms with Crippen LogP contribution in [0, 0.1) is 0 Å². The van der Waals surface area contributed by atoms with Gasteiger partial charge in [-0.3, -0.25) is 4.98 Å². The van der Waals surface area contributed by atoms with E-state index in [1.807, 2.05) is 0 Å². The molecule has 3 aromatic heterocycles. The first-order valence-electron chi connectivity index (χ1n) is 7.17. The molecule has 25 heavy (non-hydrogen) atoms. The average molecular weight is 344 g/mol. The van der Waals surface area contributed by atoms with Gasteiger partial charge in [0.2, 0.25) is 11.9 Å². The van der Waals surface area contributed by atoms with Crippen molar-refractivity contribution in [2.24, 2.45) is 0 Å². The Hall–Kier alpha value is -3.43. The van der Waals surface area contributed by atoms with E-state index in [4.69, 9.17) is 11.5 Å². The number of rotatable bonds is 4. The molecule has 3 rings (SSSR count). The summed E-state index contributed by atoms with van der Waals surface area (Å²) in [5.41, 5.74) is 11.7. The second-order valence-electron chi connectivity index (χ2n) is 5.23. The lowest BCUT2D eigenvalue weighted by Gasteiger charge is -2.12. The number of hydrogen-bond acceptors (Lipinski definition) is 8. The van der Waals surface area contributed by atoms with Crippen LogP contribution in [0.25, 0.3) is 11.5 Å². The Bertz CT molecular complexity index is 910. The molecular formula is C15H14F2N8. The maximum atomic E-state index is 13.4. The van der Waals surface area contributed by atoms with Gasteiger partial charge in [0.15, 0.2) is 5.82 Å². The van der Waals surface area contributed by atoms with Crippen LogP contribution in [0.1, 0.15) is 12.6 Å².